The maximum Gasteiger partial charge on any atom is 0.254 e. The quantitative estimate of drug-likeness (QED) is 0.660. The molecule has 0 radical (unpaired) electrons. The summed E-state index contributed by atoms with van der Waals surface area (Å²) in [7, 11) is 1.64. The Hall–Kier alpha value is -3.00. The highest BCUT2D eigenvalue weighted by Gasteiger charge is 2.25. The summed E-state index contributed by atoms with van der Waals surface area (Å²) in [5, 5.41) is 11.4. The Bertz CT molecular complexity index is 1010. The Kier molecular flexibility index (Phi) is 5.44. The topological polar surface area (TPSA) is 95.1 Å². The molecule has 2 heterocycles. The summed E-state index contributed by atoms with van der Waals surface area (Å²) < 4.78 is 12.1. The van der Waals surface area contributed by atoms with Gasteiger partial charge in [0, 0.05) is 24.8 Å². The van der Waals surface area contributed by atoms with Gasteiger partial charge in [0.2, 0.25) is 11.7 Å². The molecule has 2 aromatic heterocycles. The number of hydrogen-bond acceptors (Lipinski definition) is 6. The lowest BCUT2D eigenvalue weighted by atomic mass is 10.0. The minimum Gasteiger partial charge on any atom is -0.383 e. The molecule has 0 spiro atoms. The van der Waals surface area contributed by atoms with Crippen molar-refractivity contribution in [3.8, 4) is 11.4 Å². The molecule has 4 rings (SSSR count). The normalized spacial score (nSPS) is 15.7. The van der Waals surface area contributed by atoms with Crippen molar-refractivity contribution in [3.63, 3.8) is 0 Å². The molecule has 8 heteroatoms. The van der Waals surface area contributed by atoms with E-state index in [0.717, 1.165) is 24.0 Å². The second-order valence-electron chi connectivity index (χ2n) is 7.57. The molecular formula is C21H25N5O3. The lowest BCUT2D eigenvalue weighted by Crippen LogP contribution is -2.26. The van der Waals surface area contributed by atoms with E-state index in [0.29, 0.717) is 30.4 Å². The largest absolute Gasteiger partial charge is 0.383 e. The van der Waals surface area contributed by atoms with Crippen molar-refractivity contribution < 1.29 is 14.1 Å². The molecule has 0 aliphatic heterocycles. The van der Waals surface area contributed by atoms with Gasteiger partial charge in [-0.25, -0.2) is 0 Å². The summed E-state index contributed by atoms with van der Waals surface area (Å²) in [6.45, 7) is 5.22. The van der Waals surface area contributed by atoms with E-state index in [-0.39, 0.29) is 17.9 Å². The fourth-order valence-electron chi connectivity index (χ4n) is 3.52. The number of aryl methyl sites for hydroxylation is 1. The number of hydrogen-bond donors (Lipinski definition) is 1. The number of rotatable bonds is 7. The highest BCUT2D eigenvalue weighted by molar-refractivity contribution is 5.94. The monoisotopic (exact) mass is 395 g/mol. The summed E-state index contributed by atoms with van der Waals surface area (Å²) in [4.78, 5) is 17.1. The molecule has 3 aromatic rings. The number of carbonyl (C=O) groups excluding carboxylic acids is 1. The van der Waals surface area contributed by atoms with E-state index >= 15 is 0 Å². The first-order valence-corrected chi connectivity index (χ1v) is 9.84. The first-order chi connectivity index (χ1) is 14.0. The van der Waals surface area contributed by atoms with Crippen LogP contribution in [0.25, 0.3) is 11.4 Å². The van der Waals surface area contributed by atoms with Gasteiger partial charge in [0.05, 0.1) is 31.0 Å². The molecule has 1 unspecified atom stereocenters. The third-order valence-electron chi connectivity index (χ3n) is 5.14. The molecule has 0 saturated carbocycles. The van der Waals surface area contributed by atoms with Crippen molar-refractivity contribution in [2.45, 2.75) is 45.2 Å². The number of methoxy groups -OCH3 is 1. The minimum absolute atomic E-state index is 0.00892. The number of amides is 1. The number of fused-ring (bicyclic) bond motifs is 1. The van der Waals surface area contributed by atoms with Gasteiger partial charge in [0.25, 0.3) is 5.91 Å². The van der Waals surface area contributed by atoms with Crippen molar-refractivity contribution in [1.29, 1.82) is 0 Å². The number of aromatic nitrogens is 4. The molecule has 152 valence electrons. The number of nitrogens with one attached hydrogen (secondary N) is 1. The van der Waals surface area contributed by atoms with Crippen LogP contribution in [0.5, 0.6) is 0 Å². The predicted octanol–water partition coefficient (Wildman–Crippen LogP) is 3.12. The number of benzene rings is 1. The zero-order chi connectivity index (χ0) is 20.4. The van der Waals surface area contributed by atoms with E-state index < -0.39 is 0 Å². The van der Waals surface area contributed by atoms with E-state index in [1.165, 1.54) is 5.56 Å². The smallest absolute Gasteiger partial charge is 0.254 e. The van der Waals surface area contributed by atoms with Crippen LogP contribution in [0.2, 0.25) is 0 Å². The van der Waals surface area contributed by atoms with Crippen LogP contribution >= 0.6 is 0 Å². The van der Waals surface area contributed by atoms with Gasteiger partial charge in [0.15, 0.2) is 0 Å². The second kappa shape index (κ2) is 8.16. The molecular weight excluding hydrogens is 370 g/mol. The SMILES string of the molecule is COCCn1cc(C(=O)NC2CCc3cc(-c4noc(C(C)C)n4)ccc32)cn1. The van der Waals surface area contributed by atoms with Crippen molar-refractivity contribution in [3.05, 3.63) is 53.2 Å². The summed E-state index contributed by atoms with van der Waals surface area (Å²) in [6, 6.07) is 6.13. The van der Waals surface area contributed by atoms with Gasteiger partial charge in [0.1, 0.15) is 0 Å². The Morgan fingerprint density at radius 3 is 3.03 bits per heavy atom. The lowest BCUT2D eigenvalue weighted by molar-refractivity contribution is 0.0936. The van der Waals surface area contributed by atoms with Gasteiger partial charge in [-0.15, -0.1) is 0 Å². The van der Waals surface area contributed by atoms with Crippen LogP contribution in [-0.4, -0.2) is 39.5 Å². The minimum atomic E-state index is -0.115. The molecule has 1 aliphatic rings. The molecule has 1 aromatic carbocycles. The van der Waals surface area contributed by atoms with E-state index in [2.05, 4.69) is 32.7 Å². The van der Waals surface area contributed by atoms with Crippen LogP contribution in [0.15, 0.2) is 35.1 Å². The van der Waals surface area contributed by atoms with E-state index in [1.54, 1.807) is 24.2 Å². The van der Waals surface area contributed by atoms with E-state index in [4.69, 9.17) is 9.26 Å². The molecule has 0 fully saturated rings. The van der Waals surface area contributed by atoms with Crippen molar-refractivity contribution in [1.82, 2.24) is 25.2 Å². The molecule has 1 aliphatic carbocycles. The first-order valence-electron chi connectivity index (χ1n) is 9.84. The molecule has 1 N–H and O–H groups in total. The predicted molar refractivity (Wildman–Crippen MR) is 106 cm³/mol. The van der Waals surface area contributed by atoms with Crippen LogP contribution in [0, 0.1) is 0 Å². The molecule has 1 amide bonds. The Labute approximate surface area is 169 Å². The van der Waals surface area contributed by atoms with Gasteiger partial charge >= 0.3 is 0 Å². The zero-order valence-electron chi connectivity index (χ0n) is 16.9. The van der Waals surface area contributed by atoms with E-state index in [9.17, 15) is 4.79 Å². The lowest BCUT2D eigenvalue weighted by Gasteiger charge is -2.13. The first kappa shape index (κ1) is 19.3. The summed E-state index contributed by atoms with van der Waals surface area (Å²) in [5.74, 6) is 1.32. The van der Waals surface area contributed by atoms with Gasteiger partial charge in [-0.1, -0.05) is 31.1 Å². The van der Waals surface area contributed by atoms with Crippen molar-refractivity contribution in [2.24, 2.45) is 0 Å². The molecule has 0 saturated heterocycles. The summed E-state index contributed by atoms with van der Waals surface area (Å²) in [5.41, 5.74) is 3.84. The van der Waals surface area contributed by atoms with Crippen LogP contribution in [0.4, 0.5) is 0 Å². The third kappa shape index (κ3) is 4.07. The van der Waals surface area contributed by atoms with Crippen LogP contribution < -0.4 is 5.32 Å². The zero-order valence-corrected chi connectivity index (χ0v) is 16.9. The van der Waals surface area contributed by atoms with Crippen molar-refractivity contribution >= 4 is 5.91 Å². The Balaban J connectivity index is 1.46. The highest BCUT2D eigenvalue weighted by Crippen LogP contribution is 2.34. The Morgan fingerprint density at radius 2 is 2.28 bits per heavy atom. The number of nitrogens with zero attached hydrogens (tertiary/aromatic N) is 4. The maximum absolute atomic E-state index is 12.6. The molecule has 29 heavy (non-hydrogen) atoms. The third-order valence-corrected chi connectivity index (χ3v) is 5.14. The van der Waals surface area contributed by atoms with Gasteiger partial charge in [-0.2, -0.15) is 10.1 Å². The van der Waals surface area contributed by atoms with Crippen LogP contribution in [0.3, 0.4) is 0 Å². The summed E-state index contributed by atoms with van der Waals surface area (Å²) >= 11 is 0. The van der Waals surface area contributed by atoms with Crippen LogP contribution in [-0.2, 0) is 17.7 Å². The van der Waals surface area contributed by atoms with Gasteiger partial charge in [-0.05, 0) is 30.0 Å². The van der Waals surface area contributed by atoms with Crippen LogP contribution in [0.1, 0.15) is 59.6 Å². The average Bonchev–Trinajstić information content (AvgIpc) is 3.45. The molecule has 1 atom stereocenters. The van der Waals surface area contributed by atoms with E-state index in [1.807, 2.05) is 19.9 Å². The maximum atomic E-state index is 12.6. The number of ether oxygens (including phenoxy) is 1. The summed E-state index contributed by atoms with van der Waals surface area (Å²) in [6.07, 6.45) is 5.10. The average molecular weight is 395 g/mol. The highest BCUT2D eigenvalue weighted by atomic mass is 16.5. The fraction of sp³-hybridized carbons (Fsp3) is 0.429. The molecule has 0 bridgehead atoms. The standard InChI is InChI=1S/C21H25N5O3/c1-13(2)21-24-19(25-29-21)15-4-6-17-14(10-15)5-7-18(17)23-20(27)16-11-22-26(12-16)8-9-28-3/h4,6,10-13,18H,5,7-9H2,1-3H3,(H,23,27). The fourth-order valence-corrected chi connectivity index (χ4v) is 3.52. The Morgan fingerprint density at radius 1 is 1.41 bits per heavy atom. The molecule has 8 nitrogen and oxygen atoms in total. The van der Waals surface area contributed by atoms with Crippen molar-refractivity contribution in [2.75, 3.05) is 13.7 Å². The van der Waals surface area contributed by atoms with Gasteiger partial charge < -0.3 is 14.6 Å². The number of carbonyl (C=O) groups is 1. The second-order valence-corrected chi connectivity index (χ2v) is 7.57. The van der Waals surface area contributed by atoms with Gasteiger partial charge in [-0.3, -0.25) is 9.48 Å².